The number of fused-ring (bicyclic) bond motifs is 1. The summed E-state index contributed by atoms with van der Waals surface area (Å²) in [6, 6.07) is 8.55. The number of carbonyl (C=O) groups excluding carboxylic acids is 1. The van der Waals surface area contributed by atoms with E-state index in [1.807, 2.05) is 6.07 Å². The molecule has 0 radical (unpaired) electrons. The molecule has 2 rings (SSSR count). The lowest BCUT2D eigenvalue weighted by Gasteiger charge is -2.05. The Balaban J connectivity index is 1.96. The molecule has 6 nitrogen and oxygen atoms in total. The highest BCUT2D eigenvalue weighted by Crippen LogP contribution is 2.12. The quantitative estimate of drug-likeness (QED) is 0.585. The third kappa shape index (κ3) is 4.14. The Labute approximate surface area is 121 Å². The molecule has 1 aromatic carbocycles. The largest absolute Gasteiger partial charge is 0.422 e. The third-order valence-electron chi connectivity index (χ3n) is 2.87. The van der Waals surface area contributed by atoms with E-state index in [1.165, 1.54) is 6.07 Å². The van der Waals surface area contributed by atoms with Gasteiger partial charge in [0, 0.05) is 18.5 Å². The Morgan fingerprint density at radius 1 is 1.29 bits per heavy atom. The highest BCUT2D eigenvalue weighted by atomic mass is 16.5. The summed E-state index contributed by atoms with van der Waals surface area (Å²) in [5, 5.41) is 11.9. The number of carbonyl (C=O) groups is 1. The molecule has 0 saturated heterocycles. The molecule has 0 saturated carbocycles. The van der Waals surface area contributed by atoms with Crippen LogP contribution in [0.1, 0.15) is 16.8 Å². The number of hydrogen-bond acceptors (Lipinski definition) is 5. The van der Waals surface area contributed by atoms with Crippen LogP contribution >= 0.6 is 0 Å². The highest BCUT2D eigenvalue weighted by Gasteiger charge is 2.12. The SMILES string of the molecule is O=C(NCCCOCCO)c1cc2ccccc2oc1=O. The van der Waals surface area contributed by atoms with Crippen LogP contribution in [0.3, 0.4) is 0 Å². The van der Waals surface area contributed by atoms with Crippen molar-refractivity contribution >= 4 is 16.9 Å². The minimum Gasteiger partial charge on any atom is -0.422 e. The van der Waals surface area contributed by atoms with E-state index in [0.29, 0.717) is 30.5 Å². The smallest absolute Gasteiger partial charge is 0.349 e. The highest BCUT2D eigenvalue weighted by molar-refractivity contribution is 5.96. The lowest BCUT2D eigenvalue weighted by molar-refractivity contribution is 0.0866. The molecule has 0 aliphatic heterocycles. The van der Waals surface area contributed by atoms with E-state index in [4.69, 9.17) is 14.3 Å². The lowest BCUT2D eigenvalue weighted by Crippen LogP contribution is -2.29. The molecule has 0 unspecified atom stereocenters. The number of para-hydroxylation sites is 1. The number of rotatable bonds is 7. The maximum Gasteiger partial charge on any atom is 0.349 e. The average Bonchev–Trinajstić information content (AvgIpc) is 2.49. The van der Waals surface area contributed by atoms with Gasteiger partial charge in [0.05, 0.1) is 13.2 Å². The molecule has 0 bridgehead atoms. The molecule has 1 aromatic heterocycles. The van der Waals surface area contributed by atoms with E-state index < -0.39 is 11.5 Å². The summed E-state index contributed by atoms with van der Waals surface area (Å²) in [6.07, 6.45) is 0.602. The van der Waals surface area contributed by atoms with E-state index in [9.17, 15) is 9.59 Å². The van der Waals surface area contributed by atoms with Gasteiger partial charge in [-0.05, 0) is 18.6 Å². The van der Waals surface area contributed by atoms with E-state index in [-0.39, 0.29) is 18.8 Å². The molecular weight excluding hydrogens is 274 g/mol. The monoisotopic (exact) mass is 291 g/mol. The molecular formula is C15H17NO5. The van der Waals surface area contributed by atoms with Gasteiger partial charge in [0.25, 0.3) is 5.91 Å². The topological polar surface area (TPSA) is 88.8 Å². The molecule has 1 amide bonds. The molecule has 0 aliphatic carbocycles. The zero-order valence-electron chi connectivity index (χ0n) is 11.5. The van der Waals surface area contributed by atoms with Gasteiger partial charge in [-0.1, -0.05) is 18.2 Å². The standard InChI is InChI=1S/C15H17NO5/c17-7-9-20-8-3-6-16-14(18)12-10-11-4-1-2-5-13(11)21-15(12)19/h1-2,4-5,10,17H,3,6-9H2,(H,16,18). The minimum absolute atomic E-state index is 0.00928. The Hall–Kier alpha value is -2.18. The van der Waals surface area contributed by atoms with Crippen LogP contribution < -0.4 is 10.9 Å². The van der Waals surface area contributed by atoms with Crippen LogP contribution in [0, 0.1) is 0 Å². The molecule has 0 atom stereocenters. The van der Waals surface area contributed by atoms with Crippen molar-refractivity contribution in [2.75, 3.05) is 26.4 Å². The van der Waals surface area contributed by atoms with Crippen molar-refractivity contribution in [3.05, 3.63) is 46.3 Å². The lowest BCUT2D eigenvalue weighted by atomic mass is 10.2. The number of nitrogens with one attached hydrogen (secondary N) is 1. The predicted molar refractivity (Wildman–Crippen MR) is 77.3 cm³/mol. The molecule has 2 aromatic rings. The van der Waals surface area contributed by atoms with Gasteiger partial charge in [0.1, 0.15) is 11.1 Å². The van der Waals surface area contributed by atoms with E-state index in [0.717, 1.165) is 0 Å². The van der Waals surface area contributed by atoms with Crippen molar-refractivity contribution < 1.29 is 19.1 Å². The predicted octanol–water partition coefficient (Wildman–Crippen LogP) is 0.922. The normalized spacial score (nSPS) is 10.7. The fraction of sp³-hybridized carbons (Fsp3) is 0.333. The van der Waals surface area contributed by atoms with Crippen LogP contribution in [0.25, 0.3) is 11.0 Å². The summed E-state index contributed by atoms with van der Waals surface area (Å²) >= 11 is 0. The van der Waals surface area contributed by atoms with Crippen molar-refractivity contribution in [1.82, 2.24) is 5.32 Å². The van der Waals surface area contributed by atoms with Gasteiger partial charge >= 0.3 is 5.63 Å². The second-order valence-electron chi connectivity index (χ2n) is 4.43. The van der Waals surface area contributed by atoms with Crippen LogP contribution in [-0.2, 0) is 4.74 Å². The number of benzene rings is 1. The summed E-state index contributed by atoms with van der Waals surface area (Å²) in [7, 11) is 0. The van der Waals surface area contributed by atoms with E-state index in [2.05, 4.69) is 5.32 Å². The summed E-state index contributed by atoms with van der Waals surface area (Å²) in [5.41, 5.74) is -0.204. The molecule has 0 spiro atoms. The number of aliphatic hydroxyl groups excluding tert-OH is 1. The van der Waals surface area contributed by atoms with Crippen LogP contribution in [0.2, 0.25) is 0 Å². The van der Waals surface area contributed by atoms with Crippen molar-refractivity contribution in [3.8, 4) is 0 Å². The van der Waals surface area contributed by atoms with Crippen molar-refractivity contribution in [3.63, 3.8) is 0 Å². The summed E-state index contributed by atoms with van der Waals surface area (Å²) in [4.78, 5) is 23.7. The first kappa shape index (κ1) is 15.2. The van der Waals surface area contributed by atoms with Gasteiger partial charge in [-0.3, -0.25) is 4.79 Å². The fourth-order valence-electron chi connectivity index (χ4n) is 1.86. The molecule has 112 valence electrons. The molecule has 0 aliphatic rings. The molecule has 1 heterocycles. The van der Waals surface area contributed by atoms with Gasteiger partial charge < -0.3 is 19.6 Å². The van der Waals surface area contributed by atoms with Crippen molar-refractivity contribution in [2.45, 2.75) is 6.42 Å². The number of hydrogen-bond donors (Lipinski definition) is 2. The molecule has 2 N–H and O–H groups in total. The second kappa shape index (κ2) is 7.56. The number of amides is 1. The Morgan fingerprint density at radius 3 is 2.90 bits per heavy atom. The van der Waals surface area contributed by atoms with Gasteiger partial charge in [-0.15, -0.1) is 0 Å². The first-order valence-electron chi connectivity index (χ1n) is 6.72. The van der Waals surface area contributed by atoms with E-state index >= 15 is 0 Å². The van der Waals surface area contributed by atoms with Crippen molar-refractivity contribution in [2.24, 2.45) is 0 Å². The second-order valence-corrected chi connectivity index (χ2v) is 4.43. The van der Waals surface area contributed by atoms with Gasteiger partial charge in [-0.25, -0.2) is 4.79 Å². The number of ether oxygens (including phenoxy) is 1. The zero-order valence-corrected chi connectivity index (χ0v) is 11.5. The Morgan fingerprint density at radius 2 is 2.10 bits per heavy atom. The minimum atomic E-state index is -0.650. The van der Waals surface area contributed by atoms with Crippen LogP contribution in [0.5, 0.6) is 0 Å². The Kier molecular flexibility index (Phi) is 5.48. The summed E-state index contributed by atoms with van der Waals surface area (Å²) in [5.74, 6) is -0.461. The number of aliphatic hydroxyl groups is 1. The first-order valence-corrected chi connectivity index (χ1v) is 6.72. The summed E-state index contributed by atoms with van der Waals surface area (Å²) < 4.78 is 10.2. The Bertz CT molecular complexity index is 664. The average molecular weight is 291 g/mol. The molecule has 6 heteroatoms. The van der Waals surface area contributed by atoms with Crippen LogP contribution in [0.4, 0.5) is 0 Å². The van der Waals surface area contributed by atoms with Gasteiger partial charge in [0.15, 0.2) is 0 Å². The zero-order chi connectivity index (χ0) is 15.1. The van der Waals surface area contributed by atoms with Gasteiger partial charge in [0.2, 0.25) is 0 Å². The van der Waals surface area contributed by atoms with Gasteiger partial charge in [-0.2, -0.15) is 0 Å². The van der Waals surface area contributed by atoms with Crippen LogP contribution in [0.15, 0.2) is 39.5 Å². The molecule has 21 heavy (non-hydrogen) atoms. The first-order chi connectivity index (χ1) is 10.2. The van der Waals surface area contributed by atoms with Crippen molar-refractivity contribution in [1.29, 1.82) is 0 Å². The maximum atomic E-state index is 11.9. The van der Waals surface area contributed by atoms with E-state index in [1.54, 1.807) is 18.2 Å². The van der Waals surface area contributed by atoms with Crippen LogP contribution in [-0.4, -0.2) is 37.4 Å². The third-order valence-corrected chi connectivity index (χ3v) is 2.87. The molecule has 0 fully saturated rings. The maximum absolute atomic E-state index is 11.9. The fourth-order valence-corrected chi connectivity index (χ4v) is 1.86. The summed E-state index contributed by atoms with van der Waals surface area (Å²) in [6.45, 7) is 1.08.